The molecule has 0 radical (unpaired) electrons. The summed E-state index contributed by atoms with van der Waals surface area (Å²) in [6.45, 7) is 1.59. The van der Waals surface area contributed by atoms with E-state index in [0.29, 0.717) is 6.29 Å². The molecule has 4 heteroatoms. The summed E-state index contributed by atoms with van der Waals surface area (Å²) in [5.41, 5.74) is 4.12. The first kappa shape index (κ1) is 9.10. The van der Waals surface area contributed by atoms with Gasteiger partial charge in [-0.25, -0.2) is 0 Å². The van der Waals surface area contributed by atoms with Crippen molar-refractivity contribution in [1.29, 1.82) is 0 Å². The first-order chi connectivity index (χ1) is 4.56. The van der Waals surface area contributed by atoms with Gasteiger partial charge in [0.15, 0.2) is 0 Å². The average Bonchev–Trinajstić information content (AvgIpc) is 1.88. The van der Waals surface area contributed by atoms with E-state index in [1.165, 1.54) is 0 Å². The van der Waals surface area contributed by atoms with Crippen LogP contribution < -0.4 is 11.1 Å². The summed E-state index contributed by atoms with van der Waals surface area (Å²) in [7, 11) is 1.59. The van der Waals surface area contributed by atoms with Crippen LogP contribution in [0.4, 0.5) is 0 Å². The molecule has 1 atom stereocenters. The summed E-state index contributed by atoms with van der Waals surface area (Å²) in [6.07, 6.45) is 0.778. The van der Waals surface area contributed by atoms with E-state index < -0.39 is 11.4 Å². The van der Waals surface area contributed by atoms with E-state index in [1.54, 1.807) is 14.0 Å². The number of nitrogens with two attached hydrogens (primary N) is 1. The maximum Gasteiger partial charge on any atom is 0.237 e. The van der Waals surface area contributed by atoms with E-state index in [0.717, 1.165) is 0 Å². The molecule has 3 N–H and O–H groups in total. The number of hydrogen-bond acceptors (Lipinski definition) is 3. The molecule has 0 heterocycles. The molecule has 0 saturated heterocycles. The Morgan fingerprint density at radius 1 is 1.80 bits per heavy atom. The van der Waals surface area contributed by atoms with Gasteiger partial charge in [0.2, 0.25) is 5.91 Å². The highest BCUT2D eigenvalue weighted by Gasteiger charge is 2.27. The van der Waals surface area contributed by atoms with Gasteiger partial charge in [-0.3, -0.25) is 4.79 Å². The lowest BCUT2D eigenvalue weighted by Crippen LogP contribution is -2.51. The Hall–Kier alpha value is -0.900. The van der Waals surface area contributed by atoms with Crippen LogP contribution in [0.25, 0.3) is 0 Å². The summed E-state index contributed by atoms with van der Waals surface area (Å²) in [6, 6.07) is 0. The number of carbonyl (C=O) groups excluding carboxylic acids is 2. The van der Waals surface area contributed by atoms with E-state index in [4.69, 9.17) is 5.73 Å². The van der Waals surface area contributed by atoms with Crippen molar-refractivity contribution >= 4 is 12.2 Å². The van der Waals surface area contributed by atoms with Crippen molar-refractivity contribution in [3.05, 3.63) is 0 Å². The van der Waals surface area contributed by atoms with Crippen LogP contribution in [0.15, 0.2) is 0 Å². The minimum absolute atomic E-state index is 0.110. The van der Waals surface area contributed by atoms with Gasteiger partial charge in [0.25, 0.3) is 0 Å². The molecule has 0 bridgehead atoms. The quantitative estimate of drug-likeness (QED) is 0.499. The van der Waals surface area contributed by atoms with Gasteiger partial charge in [-0.05, 0) is 14.0 Å². The number of amides is 1. The molecular weight excluding hydrogens is 132 g/mol. The lowest BCUT2D eigenvalue weighted by molar-refractivity contribution is -0.125. The second kappa shape index (κ2) is 3.31. The molecule has 1 amide bonds. The summed E-state index contributed by atoms with van der Waals surface area (Å²) < 4.78 is 0. The predicted octanol–water partition coefficient (Wildman–Crippen LogP) is -0.961. The number of rotatable bonds is 4. The smallest absolute Gasteiger partial charge is 0.237 e. The minimum atomic E-state index is -0.887. The maximum absolute atomic E-state index is 10.6. The summed E-state index contributed by atoms with van der Waals surface area (Å²) in [5.74, 6) is -0.512. The van der Waals surface area contributed by atoms with Gasteiger partial charge >= 0.3 is 0 Å². The monoisotopic (exact) mass is 144 g/mol. The Morgan fingerprint density at radius 3 is 2.40 bits per heavy atom. The molecule has 0 aliphatic heterocycles. The molecule has 4 nitrogen and oxygen atoms in total. The fourth-order valence-corrected chi connectivity index (χ4v) is 0.493. The molecule has 0 aromatic rings. The summed E-state index contributed by atoms with van der Waals surface area (Å²) >= 11 is 0. The molecule has 0 aromatic heterocycles. The number of carbonyl (C=O) groups is 2. The topological polar surface area (TPSA) is 72.2 Å². The molecule has 0 saturated carbocycles. The van der Waals surface area contributed by atoms with Crippen molar-refractivity contribution < 1.29 is 9.59 Å². The van der Waals surface area contributed by atoms with Crippen LogP contribution in [0.5, 0.6) is 0 Å². The minimum Gasteiger partial charge on any atom is -0.368 e. The fraction of sp³-hybridized carbons (Fsp3) is 0.667. The number of hydrogen-bond donors (Lipinski definition) is 2. The van der Waals surface area contributed by atoms with Crippen LogP contribution in [0.3, 0.4) is 0 Å². The van der Waals surface area contributed by atoms with Crippen LogP contribution in [-0.2, 0) is 9.59 Å². The largest absolute Gasteiger partial charge is 0.368 e. The van der Waals surface area contributed by atoms with Gasteiger partial charge in [0.05, 0.1) is 0 Å². The first-order valence-corrected chi connectivity index (χ1v) is 2.99. The van der Waals surface area contributed by atoms with Crippen LogP contribution in [-0.4, -0.2) is 24.8 Å². The zero-order valence-corrected chi connectivity index (χ0v) is 6.18. The maximum atomic E-state index is 10.6. The third-order valence-corrected chi connectivity index (χ3v) is 1.59. The molecule has 0 aromatic carbocycles. The number of nitrogens with one attached hydrogen (secondary N) is 1. The molecule has 1 unspecified atom stereocenters. The molecular formula is C6H12N2O2. The standard InChI is InChI=1S/C6H12N2O2/c1-6(8-2,3-4-9)5(7)10/h4,8H,3H2,1-2H3,(H2,7,10). The van der Waals surface area contributed by atoms with Gasteiger partial charge in [0, 0.05) is 6.42 Å². The van der Waals surface area contributed by atoms with Crippen molar-refractivity contribution in [3.8, 4) is 0 Å². The molecule has 0 spiro atoms. The SMILES string of the molecule is CNC(C)(CC=O)C(N)=O. The lowest BCUT2D eigenvalue weighted by atomic mass is 9.98. The van der Waals surface area contributed by atoms with Crippen LogP contribution in [0, 0.1) is 0 Å². The van der Waals surface area contributed by atoms with Crippen molar-refractivity contribution in [2.75, 3.05) is 7.05 Å². The third-order valence-electron chi connectivity index (χ3n) is 1.59. The molecule has 0 aliphatic rings. The highest BCUT2D eigenvalue weighted by atomic mass is 16.1. The van der Waals surface area contributed by atoms with E-state index in [-0.39, 0.29) is 6.42 Å². The van der Waals surface area contributed by atoms with E-state index >= 15 is 0 Å². The predicted molar refractivity (Wildman–Crippen MR) is 37.3 cm³/mol. The zero-order valence-electron chi connectivity index (χ0n) is 6.18. The van der Waals surface area contributed by atoms with Crippen LogP contribution >= 0.6 is 0 Å². The van der Waals surface area contributed by atoms with Crippen molar-refractivity contribution in [2.24, 2.45) is 5.73 Å². The van der Waals surface area contributed by atoms with E-state index in [1.807, 2.05) is 0 Å². The number of aldehydes is 1. The van der Waals surface area contributed by atoms with Gasteiger partial charge in [-0.1, -0.05) is 0 Å². The van der Waals surface area contributed by atoms with Crippen molar-refractivity contribution in [3.63, 3.8) is 0 Å². The Labute approximate surface area is 59.8 Å². The Balaban J connectivity index is 4.21. The zero-order chi connectivity index (χ0) is 8.20. The fourth-order valence-electron chi connectivity index (χ4n) is 0.493. The van der Waals surface area contributed by atoms with Gasteiger partial charge in [0.1, 0.15) is 11.8 Å². The van der Waals surface area contributed by atoms with Gasteiger partial charge in [-0.2, -0.15) is 0 Å². The molecule has 58 valence electrons. The Kier molecular flexibility index (Phi) is 3.02. The number of likely N-dealkylation sites (N-methyl/N-ethyl adjacent to an activating group) is 1. The molecule has 0 fully saturated rings. The van der Waals surface area contributed by atoms with Crippen molar-refractivity contribution in [1.82, 2.24) is 5.32 Å². The highest BCUT2D eigenvalue weighted by molar-refractivity contribution is 5.86. The highest BCUT2D eigenvalue weighted by Crippen LogP contribution is 2.04. The number of primary amides is 1. The van der Waals surface area contributed by atoms with E-state index in [9.17, 15) is 9.59 Å². The van der Waals surface area contributed by atoms with Crippen LogP contribution in [0.2, 0.25) is 0 Å². The van der Waals surface area contributed by atoms with Gasteiger partial charge in [-0.15, -0.1) is 0 Å². The third kappa shape index (κ3) is 1.80. The molecule has 0 aliphatic carbocycles. The molecule has 10 heavy (non-hydrogen) atoms. The van der Waals surface area contributed by atoms with Gasteiger partial charge < -0.3 is 15.8 Å². The van der Waals surface area contributed by atoms with Crippen molar-refractivity contribution in [2.45, 2.75) is 18.9 Å². The van der Waals surface area contributed by atoms with E-state index in [2.05, 4.69) is 5.32 Å². The van der Waals surface area contributed by atoms with Crippen LogP contribution in [0.1, 0.15) is 13.3 Å². The summed E-state index contributed by atoms with van der Waals surface area (Å²) in [4.78, 5) is 20.7. The lowest BCUT2D eigenvalue weighted by Gasteiger charge is -2.21. The average molecular weight is 144 g/mol. The normalized spacial score (nSPS) is 15.8. The second-order valence-corrected chi connectivity index (χ2v) is 2.32. The first-order valence-electron chi connectivity index (χ1n) is 2.99. The second-order valence-electron chi connectivity index (χ2n) is 2.32. The summed E-state index contributed by atoms with van der Waals surface area (Å²) in [5, 5.41) is 2.67. The Bertz CT molecular complexity index is 147. The molecule has 0 rings (SSSR count). The Morgan fingerprint density at radius 2 is 2.30 bits per heavy atom.